The molecule has 0 radical (unpaired) electrons. The first kappa shape index (κ1) is 14.1. The zero-order chi connectivity index (χ0) is 13.8. The minimum atomic E-state index is 0.556. The molecule has 0 amide bonds. The quantitative estimate of drug-likeness (QED) is 0.792. The van der Waals surface area contributed by atoms with Gasteiger partial charge in [-0.15, -0.1) is 0 Å². The van der Waals surface area contributed by atoms with Crippen LogP contribution in [-0.4, -0.2) is 29.6 Å². The van der Waals surface area contributed by atoms with Gasteiger partial charge in [0.25, 0.3) is 0 Å². The third-order valence-corrected chi connectivity index (χ3v) is 4.42. The van der Waals surface area contributed by atoms with Gasteiger partial charge in [-0.2, -0.15) is 0 Å². The molecule has 20 heavy (non-hydrogen) atoms. The van der Waals surface area contributed by atoms with Gasteiger partial charge in [-0.1, -0.05) is 11.6 Å². The van der Waals surface area contributed by atoms with E-state index in [0.29, 0.717) is 5.15 Å². The van der Waals surface area contributed by atoms with Crippen molar-refractivity contribution in [3.8, 4) is 0 Å². The fourth-order valence-electron chi connectivity index (χ4n) is 2.80. The van der Waals surface area contributed by atoms with E-state index in [1.165, 1.54) is 32.1 Å². The fraction of sp³-hybridized carbons (Fsp3) is 0.733. The van der Waals surface area contributed by atoms with E-state index in [2.05, 4.69) is 20.6 Å². The molecular formula is C15H23ClN4. The number of nitrogens with one attached hydrogen (secondary N) is 2. The summed E-state index contributed by atoms with van der Waals surface area (Å²) in [5.41, 5.74) is 0. The first-order valence-corrected chi connectivity index (χ1v) is 8.15. The third-order valence-electron chi connectivity index (χ3n) is 4.23. The van der Waals surface area contributed by atoms with Crippen molar-refractivity contribution in [1.29, 1.82) is 0 Å². The molecule has 3 rings (SSSR count). The maximum atomic E-state index is 6.08. The summed E-state index contributed by atoms with van der Waals surface area (Å²) in [5.74, 6) is 3.40. The first-order chi connectivity index (χ1) is 9.79. The molecule has 5 heteroatoms. The average molecular weight is 295 g/mol. The topological polar surface area (TPSA) is 49.8 Å². The van der Waals surface area contributed by atoms with Gasteiger partial charge in [0.2, 0.25) is 0 Å². The van der Waals surface area contributed by atoms with Gasteiger partial charge in [0.15, 0.2) is 0 Å². The van der Waals surface area contributed by atoms with Crippen molar-refractivity contribution in [1.82, 2.24) is 15.3 Å². The average Bonchev–Trinajstić information content (AvgIpc) is 3.23. The van der Waals surface area contributed by atoms with E-state index in [4.69, 9.17) is 11.6 Å². The van der Waals surface area contributed by atoms with E-state index < -0.39 is 0 Å². The number of nitrogens with zero attached hydrogens (tertiary/aromatic N) is 2. The molecule has 4 nitrogen and oxygen atoms in total. The van der Waals surface area contributed by atoms with E-state index in [1.54, 1.807) is 0 Å². The number of aromatic nitrogens is 2. The smallest absolute Gasteiger partial charge is 0.134 e. The summed E-state index contributed by atoms with van der Waals surface area (Å²) in [6, 6.07) is 1.83. The molecule has 1 aromatic heterocycles. The van der Waals surface area contributed by atoms with Crippen LogP contribution < -0.4 is 10.6 Å². The Morgan fingerprint density at radius 1 is 1.15 bits per heavy atom. The summed E-state index contributed by atoms with van der Waals surface area (Å²) in [6.45, 7) is 3.30. The number of hydrogen-bond acceptors (Lipinski definition) is 4. The Balaban J connectivity index is 1.49. The minimum absolute atomic E-state index is 0.556. The summed E-state index contributed by atoms with van der Waals surface area (Å²) in [5, 5.41) is 7.37. The van der Waals surface area contributed by atoms with Crippen molar-refractivity contribution in [2.75, 3.05) is 25.0 Å². The second-order valence-electron chi connectivity index (χ2n) is 6.05. The molecule has 0 atom stereocenters. The zero-order valence-electron chi connectivity index (χ0n) is 11.9. The molecule has 1 aliphatic heterocycles. The van der Waals surface area contributed by atoms with Crippen LogP contribution in [0.5, 0.6) is 0 Å². The van der Waals surface area contributed by atoms with Crippen molar-refractivity contribution in [3.05, 3.63) is 17.0 Å². The Kier molecular flexibility index (Phi) is 4.73. The molecule has 0 spiro atoms. The number of rotatable bonds is 6. The monoisotopic (exact) mass is 294 g/mol. The summed E-state index contributed by atoms with van der Waals surface area (Å²) in [7, 11) is 0. The van der Waals surface area contributed by atoms with Crippen molar-refractivity contribution >= 4 is 17.4 Å². The van der Waals surface area contributed by atoms with Crippen LogP contribution in [0.2, 0.25) is 5.15 Å². The van der Waals surface area contributed by atoms with E-state index in [9.17, 15) is 0 Å². The Labute approximate surface area is 125 Å². The SMILES string of the molecule is Clc1cc(NCCC2CCNCC2)nc(CC2CC2)n1. The van der Waals surface area contributed by atoms with E-state index in [1.807, 2.05) is 6.07 Å². The van der Waals surface area contributed by atoms with E-state index in [-0.39, 0.29) is 0 Å². The number of hydrogen-bond donors (Lipinski definition) is 2. The molecule has 1 aromatic rings. The van der Waals surface area contributed by atoms with Gasteiger partial charge in [0.1, 0.15) is 16.8 Å². The van der Waals surface area contributed by atoms with Crippen molar-refractivity contribution < 1.29 is 0 Å². The standard InChI is InChI=1S/C15H23ClN4/c16-13-10-14(20-15(19-13)9-12-1-2-12)18-8-5-11-3-6-17-7-4-11/h10-12,17H,1-9H2,(H,18,19,20). The van der Waals surface area contributed by atoms with E-state index in [0.717, 1.165) is 49.5 Å². The summed E-state index contributed by atoms with van der Waals surface area (Å²) < 4.78 is 0. The van der Waals surface area contributed by atoms with Gasteiger partial charge in [-0.05, 0) is 57.0 Å². The lowest BCUT2D eigenvalue weighted by molar-refractivity contribution is 0.361. The lowest BCUT2D eigenvalue weighted by Gasteiger charge is -2.22. The highest BCUT2D eigenvalue weighted by Crippen LogP contribution is 2.32. The Hall–Kier alpha value is -0.870. The lowest BCUT2D eigenvalue weighted by atomic mass is 9.95. The summed E-state index contributed by atoms with van der Waals surface area (Å²) >= 11 is 6.08. The van der Waals surface area contributed by atoms with Crippen LogP contribution in [0.4, 0.5) is 5.82 Å². The van der Waals surface area contributed by atoms with Crippen LogP contribution in [0, 0.1) is 11.8 Å². The maximum Gasteiger partial charge on any atom is 0.134 e. The molecule has 110 valence electrons. The maximum absolute atomic E-state index is 6.08. The van der Waals surface area contributed by atoms with Gasteiger partial charge in [-0.25, -0.2) is 9.97 Å². The molecule has 2 heterocycles. The number of anilines is 1. The molecule has 1 saturated heterocycles. The van der Waals surface area contributed by atoms with Crippen LogP contribution in [0.25, 0.3) is 0 Å². The Morgan fingerprint density at radius 3 is 2.70 bits per heavy atom. The molecule has 2 fully saturated rings. The van der Waals surface area contributed by atoms with Crippen LogP contribution in [0.1, 0.15) is 37.9 Å². The molecule has 1 saturated carbocycles. The molecule has 0 bridgehead atoms. The first-order valence-electron chi connectivity index (χ1n) is 7.77. The Morgan fingerprint density at radius 2 is 1.95 bits per heavy atom. The highest BCUT2D eigenvalue weighted by molar-refractivity contribution is 6.29. The second kappa shape index (κ2) is 6.72. The Bertz CT molecular complexity index is 441. The second-order valence-corrected chi connectivity index (χ2v) is 6.44. The highest BCUT2D eigenvalue weighted by atomic mass is 35.5. The van der Waals surface area contributed by atoms with E-state index >= 15 is 0 Å². The highest BCUT2D eigenvalue weighted by Gasteiger charge is 2.23. The minimum Gasteiger partial charge on any atom is -0.370 e. The van der Waals surface area contributed by atoms with Gasteiger partial charge < -0.3 is 10.6 Å². The molecule has 2 aliphatic rings. The zero-order valence-corrected chi connectivity index (χ0v) is 12.6. The predicted molar refractivity (Wildman–Crippen MR) is 82.2 cm³/mol. The van der Waals surface area contributed by atoms with Crippen LogP contribution in [0.15, 0.2) is 6.07 Å². The van der Waals surface area contributed by atoms with Crippen LogP contribution in [0.3, 0.4) is 0 Å². The number of piperidine rings is 1. The molecule has 0 aromatic carbocycles. The van der Waals surface area contributed by atoms with Gasteiger partial charge >= 0.3 is 0 Å². The van der Waals surface area contributed by atoms with Gasteiger partial charge in [-0.3, -0.25) is 0 Å². The van der Waals surface area contributed by atoms with Crippen LogP contribution >= 0.6 is 11.6 Å². The van der Waals surface area contributed by atoms with Gasteiger partial charge in [0.05, 0.1) is 0 Å². The molecule has 2 N–H and O–H groups in total. The number of halogens is 1. The normalized spacial score (nSPS) is 20.1. The molecule has 0 unspecified atom stereocenters. The third kappa shape index (κ3) is 4.32. The van der Waals surface area contributed by atoms with Crippen LogP contribution in [-0.2, 0) is 6.42 Å². The largest absolute Gasteiger partial charge is 0.370 e. The van der Waals surface area contributed by atoms with Crippen molar-refractivity contribution in [2.45, 2.75) is 38.5 Å². The predicted octanol–water partition coefficient (Wildman–Crippen LogP) is 2.88. The molecular weight excluding hydrogens is 272 g/mol. The fourth-order valence-corrected chi connectivity index (χ4v) is 3.00. The lowest BCUT2D eigenvalue weighted by Crippen LogP contribution is -2.28. The van der Waals surface area contributed by atoms with Gasteiger partial charge in [0, 0.05) is 19.0 Å². The van der Waals surface area contributed by atoms with Crippen molar-refractivity contribution in [3.63, 3.8) is 0 Å². The summed E-state index contributed by atoms with van der Waals surface area (Å²) in [4.78, 5) is 8.90. The summed E-state index contributed by atoms with van der Waals surface area (Å²) in [6.07, 6.45) is 7.39. The van der Waals surface area contributed by atoms with Crippen molar-refractivity contribution in [2.24, 2.45) is 11.8 Å². The molecule has 1 aliphatic carbocycles.